The van der Waals surface area contributed by atoms with E-state index in [1.54, 1.807) is 0 Å². The van der Waals surface area contributed by atoms with Crippen LogP contribution in [0.3, 0.4) is 0 Å². The first-order valence-corrected chi connectivity index (χ1v) is 6.58. The number of nitro benzene ring substituents is 1. The Bertz CT molecular complexity index is 494. The molecule has 1 aliphatic rings. The molecule has 1 heterocycles. The molecule has 6 nitrogen and oxygen atoms in total. The predicted molar refractivity (Wildman–Crippen MR) is 81.8 cm³/mol. The number of halogens is 2. The van der Waals surface area contributed by atoms with Crippen molar-refractivity contribution in [3.8, 4) is 0 Å². The number of benzene rings is 1. The fourth-order valence-corrected chi connectivity index (χ4v) is 2.37. The van der Waals surface area contributed by atoms with Crippen LogP contribution in [0.5, 0.6) is 0 Å². The van der Waals surface area contributed by atoms with E-state index in [0.29, 0.717) is 21.6 Å². The van der Waals surface area contributed by atoms with Crippen LogP contribution in [0.1, 0.15) is 10.4 Å². The molecule has 0 radical (unpaired) electrons. The van der Waals surface area contributed by atoms with Crippen molar-refractivity contribution in [2.45, 2.75) is 0 Å². The standard InChI is InChI=1S/C11H12IN3O3.ClH/c12-10-3-8(15(17)18)1-2-9(10)11(16)14-6-7-4-13-5-7;/h1-3,7,13H,4-6H2,(H,14,16);1H. The lowest BCUT2D eigenvalue weighted by Crippen LogP contribution is -2.48. The van der Waals surface area contributed by atoms with E-state index in [0.717, 1.165) is 13.1 Å². The number of amides is 1. The molecule has 0 aromatic heterocycles. The fourth-order valence-electron chi connectivity index (χ4n) is 1.63. The van der Waals surface area contributed by atoms with Gasteiger partial charge in [-0.15, -0.1) is 12.4 Å². The minimum Gasteiger partial charge on any atom is -0.352 e. The highest BCUT2D eigenvalue weighted by Crippen LogP contribution is 2.19. The van der Waals surface area contributed by atoms with Crippen molar-refractivity contribution >= 4 is 46.6 Å². The zero-order chi connectivity index (χ0) is 13.1. The van der Waals surface area contributed by atoms with Crippen LogP contribution in [0.4, 0.5) is 5.69 Å². The molecule has 0 aliphatic carbocycles. The number of nitrogens with one attached hydrogen (secondary N) is 2. The molecule has 1 fully saturated rings. The average molecular weight is 398 g/mol. The average Bonchev–Trinajstić information content (AvgIpc) is 2.26. The number of non-ortho nitro benzene ring substituents is 1. The van der Waals surface area contributed by atoms with Crippen LogP contribution in [0.15, 0.2) is 18.2 Å². The van der Waals surface area contributed by atoms with Gasteiger partial charge in [-0.2, -0.15) is 0 Å². The number of hydrogen-bond donors (Lipinski definition) is 2. The highest BCUT2D eigenvalue weighted by molar-refractivity contribution is 14.1. The molecule has 1 aromatic carbocycles. The first kappa shape index (κ1) is 16.1. The Kier molecular flexibility index (Phi) is 5.95. The summed E-state index contributed by atoms with van der Waals surface area (Å²) in [6.45, 7) is 2.49. The second-order valence-corrected chi connectivity index (χ2v) is 5.32. The molecule has 0 unspecified atom stereocenters. The molecule has 0 spiro atoms. The van der Waals surface area contributed by atoms with E-state index in [9.17, 15) is 14.9 Å². The Morgan fingerprint density at radius 2 is 2.21 bits per heavy atom. The van der Waals surface area contributed by atoms with Crippen molar-refractivity contribution in [3.05, 3.63) is 37.4 Å². The van der Waals surface area contributed by atoms with Crippen molar-refractivity contribution < 1.29 is 9.72 Å². The quantitative estimate of drug-likeness (QED) is 0.459. The van der Waals surface area contributed by atoms with Gasteiger partial charge in [0.2, 0.25) is 0 Å². The molecule has 0 atom stereocenters. The highest BCUT2D eigenvalue weighted by atomic mass is 127. The molecular formula is C11H13ClIN3O3. The van der Waals surface area contributed by atoms with Crippen LogP contribution in [-0.4, -0.2) is 30.5 Å². The van der Waals surface area contributed by atoms with Crippen molar-refractivity contribution in [1.82, 2.24) is 10.6 Å². The monoisotopic (exact) mass is 397 g/mol. The van der Waals surface area contributed by atoms with Gasteiger partial charge in [-0.25, -0.2) is 0 Å². The third-order valence-corrected chi connectivity index (χ3v) is 3.72. The van der Waals surface area contributed by atoms with E-state index < -0.39 is 4.92 Å². The lowest BCUT2D eigenvalue weighted by atomic mass is 10.0. The Morgan fingerprint density at radius 3 is 2.68 bits per heavy atom. The zero-order valence-electron chi connectivity index (χ0n) is 9.89. The van der Waals surface area contributed by atoms with Gasteiger partial charge in [0.05, 0.1) is 10.5 Å². The second-order valence-electron chi connectivity index (χ2n) is 4.16. The first-order valence-electron chi connectivity index (χ1n) is 5.51. The van der Waals surface area contributed by atoms with Gasteiger partial charge in [0.25, 0.3) is 11.6 Å². The van der Waals surface area contributed by atoms with Crippen LogP contribution in [-0.2, 0) is 0 Å². The van der Waals surface area contributed by atoms with E-state index in [-0.39, 0.29) is 24.0 Å². The van der Waals surface area contributed by atoms with Crippen LogP contribution in [0, 0.1) is 19.6 Å². The maximum Gasteiger partial charge on any atom is 0.270 e. The SMILES string of the molecule is Cl.O=C(NCC1CNC1)c1ccc([N+](=O)[O-])cc1I. The maximum atomic E-state index is 11.9. The summed E-state index contributed by atoms with van der Waals surface area (Å²) in [7, 11) is 0. The molecule has 0 saturated carbocycles. The third-order valence-electron chi connectivity index (χ3n) is 2.83. The van der Waals surface area contributed by atoms with Crippen LogP contribution >= 0.6 is 35.0 Å². The number of hydrogen-bond acceptors (Lipinski definition) is 4. The van der Waals surface area contributed by atoms with Crippen molar-refractivity contribution in [1.29, 1.82) is 0 Å². The zero-order valence-corrected chi connectivity index (χ0v) is 12.9. The van der Waals surface area contributed by atoms with E-state index in [1.807, 2.05) is 22.6 Å². The molecule has 104 valence electrons. The minimum atomic E-state index is -0.468. The Labute approximate surface area is 130 Å². The van der Waals surface area contributed by atoms with Crippen molar-refractivity contribution in [2.75, 3.05) is 19.6 Å². The summed E-state index contributed by atoms with van der Waals surface area (Å²) >= 11 is 1.94. The van der Waals surface area contributed by atoms with E-state index in [4.69, 9.17) is 0 Å². The first-order chi connectivity index (χ1) is 8.58. The van der Waals surface area contributed by atoms with Gasteiger partial charge in [-0.05, 0) is 28.7 Å². The van der Waals surface area contributed by atoms with Gasteiger partial charge in [0.1, 0.15) is 0 Å². The van der Waals surface area contributed by atoms with E-state index in [1.165, 1.54) is 18.2 Å². The number of nitrogens with zero attached hydrogens (tertiary/aromatic N) is 1. The molecule has 1 saturated heterocycles. The maximum absolute atomic E-state index is 11.9. The summed E-state index contributed by atoms with van der Waals surface area (Å²) in [6, 6.07) is 4.25. The minimum absolute atomic E-state index is 0. The van der Waals surface area contributed by atoms with Crippen LogP contribution in [0.2, 0.25) is 0 Å². The summed E-state index contributed by atoms with van der Waals surface area (Å²) < 4.78 is 0.589. The van der Waals surface area contributed by atoms with Gasteiger partial charge in [-0.3, -0.25) is 14.9 Å². The largest absolute Gasteiger partial charge is 0.352 e. The Hall–Kier alpha value is -0.930. The summed E-state index contributed by atoms with van der Waals surface area (Å²) in [6.07, 6.45) is 0. The number of carbonyl (C=O) groups is 1. The Morgan fingerprint density at radius 1 is 1.53 bits per heavy atom. The number of nitro groups is 1. The third kappa shape index (κ3) is 4.02. The second kappa shape index (κ2) is 7.01. The highest BCUT2D eigenvalue weighted by Gasteiger charge is 2.19. The lowest BCUT2D eigenvalue weighted by molar-refractivity contribution is -0.384. The molecule has 1 aliphatic heterocycles. The van der Waals surface area contributed by atoms with E-state index in [2.05, 4.69) is 10.6 Å². The lowest BCUT2D eigenvalue weighted by Gasteiger charge is -2.27. The summed E-state index contributed by atoms with van der Waals surface area (Å²) in [5.74, 6) is 0.311. The normalized spacial score (nSPS) is 14.2. The van der Waals surface area contributed by atoms with Crippen molar-refractivity contribution in [3.63, 3.8) is 0 Å². The van der Waals surface area contributed by atoms with E-state index >= 15 is 0 Å². The van der Waals surface area contributed by atoms with Gasteiger partial charge in [0.15, 0.2) is 0 Å². The van der Waals surface area contributed by atoms with Gasteiger partial charge in [0, 0.05) is 41.3 Å². The molecule has 2 N–H and O–H groups in total. The van der Waals surface area contributed by atoms with Gasteiger partial charge in [-0.1, -0.05) is 0 Å². The Balaban J connectivity index is 0.00000180. The smallest absolute Gasteiger partial charge is 0.270 e. The molecule has 8 heteroatoms. The number of carbonyl (C=O) groups excluding carboxylic acids is 1. The molecule has 1 aromatic rings. The summed E-state index contributed by atoms with van der Waals surface area (Å²) in [5, 5.41) is 16.6. The molecule has 1 amide bonds. The number of rotatable bonds is 4. The van der Waals surface area contributed by atoms with Gasteiger partial charge >= 0.3 is 0 Å². The van der Waals surface area contributed by atoms with Gasteiger partial charge < -0.3 is 10.6 Å². The molecule has 0 bridgehead atoms. The molecular weight excluding hydrogens is 384 g/mol. The van der Waals surface area contributed by atoms with Crippen molar-refractivity contribution in [2.24, 2.45) is 5.92 Å². The summed E-state index contributed by atoms with van der Waals surface area (Å²) in [4.78, 5) is 22.0. The topological polar surface area (TPSA) is 84.3 Å². The molecule has 19 heavy (non-hydrogen) atoms. The van der Waals surface area contributed by atoms with Crippen LogP contribution < -0.4 is 10.6 Å². The molecule has 2 rings (SSSR count). The summed E-state index contributed by atoms with van der Waals surface area (Å²) in [5.41, 5.74) is 0.479. The fraction of sp³-hybridized carbons (Fsp3) is 0.364. The predicted octanol–water partition coefficient (Wildman–Crippen LogP) is 1.57. The van der Waals surface area contributed by atoms with Crippen LogP contribution in [0.25, 0.3) is 0 Å².